The summed E-state index contributed by atoms with van der Waals surface area (Å²) in [6.07, 6.45) is 24.5. The predicted molar refractivity (Wildman–Crippen MR) is 217 cm³/mol. The molecule has 0 heterocycles. The Bertz CT molecular complexity index is 1100. The zero-order chi connectivity index (χ0) is 34.8. The molecule has 0 saturated heterocycles. The number of hydrogen-bond acceptors (Lipinski definition) is 4. The third-order valence-corrected chi connectivity index (χ3v) is 11.0. The lowest BCUT2D eigenvalue weighted by Gasteiger charge is -2.37. The summed E-state index contributed by atoms with van der Waals surface area (Å²) in [6, 6.07) is 33.7. The molecule has 3 aromatic carbocycles. The lowest BCUT2D eigenvalue weighted by atomic mass is 9.77. The van der Waals surface area contributed by atoms with Crippen LogP contribution < -0.4 is 21.3 Å². The van der Waals surface area contributed by atoms with Crippen molar-refractivity contribution in [2.24, 2.45) is 5.92 Å². The van der Waals surface area contributed by atoms with Crippen LogP contribution in [0.3, 0.4) is 0 Å². The van der Waals surface area contributed by atoms with E-state index in [-0.39, 0.29) is 5.54 Å². The second kappa shape index (κ2) is 25.5. The molecule has 0 radical (unpaired) electrons. The van der Waals surface area contributed by atoms with Crippen molar-refractivity contribution in [3.63, 3.8) is 0 Å². The Kier molecular flexibility index (Phi) is 20.5. The van der Waals surface area contributed by atoms with E-state index in [1.807, 2.05) is 0 Å². The van der Waals surface area contributed by atoms with E-state index < -0.39 is 0 Å². The molecule has 4 rings (SSSR count). The molecule has 1 aliphatic rings. The Hall–Kier alpha value is -2.50. The van der Waals surface area contributed by atoms with Crippen LogP contribution in [0.2, 0.25) is 0 Å². The van der Waals surface area contributed by atoms with Gasteiger partial charge in [0.05, 0.1) is 5.54 Å². The van der Waals surface area contributed by atoms with Gasteiger partial charge >= 0.3 is 0 Å². The topological polar surface area (TPSA) is 48.1 Å². The van der Waals surface area contributed by atoms with Gasteiger partial charge in [0.1, 0.15) is 0 Å². The van der Waals surface area contributed by atoms with Gasteiger partial charge in [0.15, 0.2) is 0 Å². The molecule has 50 heavy (non-hydrogen) atoms. The molecule has 0 amide bonds. The second-order valence-electron chi connectivity index (χ2n) is 14.9. The van der Waals surface area contributed by atoms with Crippen molar-refractivity contribution in [2.45, 2.75) is 134 Å². The number of nitrogens with one attached hydrogen (secondary N) is 4. The molecule has 2 atom stereocenters. The highest BCUT2D eigenvalue weighted by Crippen LogP contribution is 2.36. The van der Waals surface area contributed by atoms with Gasteiger partial charge in [-0.1, -0.05) is 175 Å². The summed E-state index contributed by atoms with van der Waals surface area (Å²) in [5.41, 5.74) is 3.55. The third-order valence-electron chi connectivity index (χ3n) is 11.0. The Labute approximate surface area is 307 Å². The maximum absolute atomic E-state index is 4.05. The van der Waals surface area contributed by atoms with Gasteiger partial charge in [0.2, 0.25) is 0 Å². The van der Waals surface area contributed by atoms with E-state index in [1.54, 1.807) is 0 Å². The van der Waals surface area contributed by atoms with Crippen molar-refractivity contribution in [2.75, 3.05) is 39.3 Å². The van der Waals surface area contributed by atoms with Crippen molar-refractivity contribution in [1.29, 1.82) is 0 Å². The number of rotatable bonds is 28. The van der Waals surface area contributed by atoms with Gasteiger partial charge in [-0.25, -0.2) is 0 Å². The van der Waals surface area contributed by atoms with Crippen LogP contribution in [0.25, 0.3) is 0 Å². The van der Waals surface area contributed by atoms with Crippen LogP contribution in [0.5, 0.6) is 0 Å². The molecule has 4 heteroatoms. The minimum Gasteiger partial charge on any atom is -0.317 e. The Balaban J connectivity index is 1.02. The van der Waals surface area contributed by atoms with E-state index in [1.165, 1.54) is 158 Å². The lowest BCUT2D eigenvalue weighted by molar-refractivity contribution is 0.253. The SMILES string of the molecule is CCNCCCCCCN[C@H]1CCCC[C@H]1CNCCCCCCCCCCCCNC(c1ccccc1)(c1ccccc1)c1ccccc1. The van der Waals surface area contributed by atoms with E-state index >= 15 is 0 Å². The molecule has 4 N–H and O–H groups in total. The van der Waals surface area contributed by atoms with E-state index in [0.29, 0.717) is 0 Å². The fourth-order valence-electron chi connectivity index (χ4n) is 8.14. The number of unbranched alkanes of at least 4 members (excludes halogenated alkanes) is 12. The van der Waals surface area contributed by atoms with Crippen LogP contribution in [-0.4, -0.2) is 45.3 Å². The van der Waals surface area contributed by atoms with Gasteiger partial charge in [-0.2, -0.15) is 0 Å². The minimum absolute atomic E-state index is 0.347. The van der Waals surface area contributed by atoms with Gasteiger partial charge in [-0.15, -0.1) is 0 Å². The molecule has 0 unspecified atom stereocenters. The molecule has 0 aliphatic heterocycles. The first-order chi connectivity index (χ1) is 24.8. The third kappa shape index (κ3) is 14.3. The summed E-state index contributed by atoms with van der Waals surface area (Å²) >= 11 is 0. The molecular formula is C46H72N4. The largest absolute Gasteiger partial charge is 0.317 e. The quantitative estimate of drug-likeness (QED) is 0.0455. The van der Waals surface area contributed by atoms with E-state index in [2.05, 4.69) is 119 Å². The van der Waals surface area contributed by atoms with Crippen molar-refractivity contribution in [1.82, 2.24) is 21.3 Å². The maximum Gasteiger partial charge on any atom is 0.0947 e. The summed E-state index contributed by atoms with van der Waals surface area (Å²) in [6.45, 7) is 9.09. The van der Waals surface area contributed by atoms with Gasteiger partial charge in [0, 0.05) is 6.04 Å². The van der Waals surface area contributed by atoms with Gasteiger partial charge in [-0.05, 0) is 100 Å². The molecule has 1 fully saturated rings. The highest BCUT2D eigenvalue weighted by molar-refractivity contribution is 5.49. The predicted octanol–water partition coefficient (Wildman–Crippen LogP) is 10.4. The highest BCUT2D eigenvalue weighted by atomic mass is 15.0. The van der Waals surface area contributed by atoms with Crippen LogP contribution in [0, 0.1) is 5.92 Å². The van der Waals surface area contributed by atoms with Crippen LogP contribution in [-0.2, 0) is 5.54 Å². The van der Waals surface area contributed by atoms with Crippen molar-refractivity contribution in [3.05, 3.63) is 108 Å². The number of benzene rings is 3. The maximum atomic E-state index is 4.05. The monoisotopic (exact) mass is 681 g/mol. The van der Waals surface area contributed by atoms with Crippen LogP contribution in [0.4, 0.5) is 0 Å². The fraction of sp³-hybridized carbons (Fsp3) is 0.609. The smallest absolute Gasteiger partial charge is 0.0947 e. The minimum atomic E-state index is -0.347. The molecule has 276 valence electrons. The molecule has 0 aromatic heterocycles. The fourth-order valence-corrected chi connectivity index (χ4v) is 8.14. The van der Waals surface area contributed by atoms with Gasteiger partial charge in [0.25, 0.3) is 0 Å². The molecule has 0 bridgehead atoms. The van der Waals surface area contributed by atoms with Crippen molar-refractivity contribution in [3.8, 4) is 0 Å². The van der Waals surface area contributed by atoms with Gasteiger partial charge in [-0.3, -0.25) is 5.32 Å². The molecule has 1 aliphatic carbocycles. The number of hydrogen-bond donors (Lipinski definition) is 4. The molecular weight excluding hydrogens is 609 g/mol. The lowest BCUT2D eigenvalue weighted by Crippen LogP contribution is -2.45. The average molecular weight is 681 g/mol. The molecule has 3 aromatic rings. The van der Waals surface area contributed by atoms with Crippen molar-refractivity contribution < 1.29 is 0 Å². The first kappa shape index (κ1) is 40.3. The first-order valence-electron chi connectivity index (χ1n) is 20.9. The average Bonchev–Trinajstić information content (AvgIpc) is 3.17. The molecule has 0 spiro atoms. The van der Waals surface area contributed by atoms with E-state index in [9.17, 15) is 0 Å². The summed E-state index contributed by atoms with van der Waals surface area (Å²) in [7, 11) is 0. The summed E-state index contributed by atoms with van der Waals surface area (Å²) in [5, 5.41) is 15.3. The second-order valence-corrected chi connectivity index (χ2v) is 14.9. The molecule has 4 nitrogen and oxygen atoms in total. The van der Waals surface area contributed by atoms with Crippen molar-refractivity contribution >= 4 is 0 Å². The van der Waals surface area contributed by atoms with E-state index in [4.69, 9.17) is 0 Å². The van der Waals surface area contributed by atoms with Crippen LogP contribution in [0.1, 0.15) is 139 Å². The Morgan fingerprint density at radius 1 is 0.480 bits per heavy atom. The van der Waals surface area contributed by atoms with E-state index in [0.717, 1.165) is 25.0 Å². The summed E-state index contributed by atoms with van der Waals surface area (Å²) in [5.74, 6) is 0.826. The van der Waals surface area contributed by atoms with Crippen LogP contribution in [0.15, 0.2) is 91.0 Å². The normalized spacial score (nSPS) is 16.5. The van der Waals surface area contributed by atoms with Crippen LogP contribution >= 0.6 is 0 Å². The Morgan fingerprint density at radius 2 is 0.900 bits per heavy atom. The first-order valence-corrected chi connectivity index (χ1v) is 20.9. The summed E-state index contributed by atoms with van der Waals surface area (Å²) < 4.78 is 0. The zero-order valence-electron chi connectivity index (χ0n) is 31.8. The van der Waals surface area contributed by atoms with Gasteiger partial charge < -0.3 is 16.0 Å². The molecule has 1 saturated carbocycles. The highest BCUT2D eigenvalue weighted by Gasteiger charge is 2.35. The summed E-state index contributed by atoms with van der Waals surface area (Å²) in [4.78, 5) is 0. The standard InChI is InChI=1S/C46H72N4/c1-2-47-36-24-11-12-26-38-49-45-35-23-22-28-41(45)40-48-37-25-9-7-5-3-4-6-8-10-27-39-50-46(42-29-16-13-17-30-42,43-31-18-14-19-32-43)44-33-20-15-21-34-44/h13-21,29-34,41,45,47-50H,2-12,22-28,35-40H2,1H3/t41-,45-/m0/s1. The Morgan fingerprint density at radius 3 is 1.40 bits per heavy atom. The zero-order valence-corrected chi connectivity index (χ0v) is 31.8.